The van der Waals surface area contributed by atoms with Gasteiger partial charge < -0.3 is 9.80 Å². The van der Waals surface area contributed by atoms with Crippen LogP contribution in [0, 0.1) is 25.7 Å². The molecule has 0 saturated heterocycles. The van der Waals surface area contributed by atoms with Gasteiger partial charge in [0.15, 0.2) is 0 Å². The molecule has 4 nitrogen and oxygen atoms in total. The molecule has 4 aromatic heterocycles. The summed E-state index contributed by atoms with van der Waals surface area (Å²) in [5.74, 6) is 0.922. The van der Waals surface area contributed by atoms with Gasteiger partial charge in [-0.25, -0.2) is 0 Å². The number of hydrogen-bond acceptors (Lipinski definition) is 6. The van der Waals surface area contributed by atoms with Crippen LogP contribution in [-0.2, 0) is 9.59 Å². The number of fused-ring (bicyclic) bond motifs is 2. The van der Waals surface area contributed by atoms with Gasteiger partial charge in [0.05, 0.1) is 32.3 Å². The molecule has 0 aliphatic carbocycles. The van der Waals surface area contributed by atoms with Gasteiger partial charge in [0, 0.05) is 42.0 Å². The molecular formula is C54H78N2O2S4. The second-order valence-corrected chi connectivity index (χ2v) is 23.3. The Morgan fingerprint density at radius 1 is 0.419 bits per heavy atom. The molecular weight excluding hydrogens is 837 g/mol. The molecule has 2 aliphatic rings. The lowest BCUT2D eigenvalue weighted by molar-refractivity contribution is -0.124. The highest BCUT2D eigenvalue weighted by atomic mass is 32.1. The zero-order valence-corrected chi connectivity index (χ0v) is 42.6. The van der Waals surface area contributed by atoms with Gasteiger partial charge in [-0.15, -0.1) is 45.3 Å². The smallest absolute Gasteiger partial charge is 0.261 e. The summed E-state index contributed by atoms with van der Waals surface area (Å²) in [6.07, 6.45) is 29.8. The molecule has 2 atom stereocenters. The minimum Gasteiger partial charge on any atom is -0.306 e. The molecule has 6 heterocycles. The Kier molecular flexibility index (Phi) is 19.9. The number of aryl methyl sites for hydroxylation is 2. The SMILES string of the molecule is CCCCCCCCC(CCCCCC)CN1C(=O)C2=C(c3ccc(-c4cc5sc(C)cc5s4)s3)N(CC(CCCCCC)CCCCCCCC)C(=O)C2=C1c1ccc(C)s1. The average molecular weight is 915 g/mol. The topological polar surface area (TPSA) is 40.6 Å². The number of thiophene rings is 4. The Morgan fingerprint density at radius 3 is 1.27 bits per heavy atom. The van der Waals surface area contributed by atoms with Crippen LogP contribution in [0.1, 0.15) is 201 Å². The fourth-order valence-electron chi connectivity index (χ4n) is 9.81. The van der Waals surface area contributed by atoms with Crippen LogP contribution in [0.4, 0.5) is 0 Å². The van der Waals surface area contributed by atoms with Gasteiger partial charge in [-0.2, -0.15) is 0 Å². The molecule has 0 N–H and O–H groups in total. The number of carbonyl (C=O) groups excluding carboxylic acids is 2. The van der Waals surface area contributed by atoms with E-state index in [1.807, 2.05) is 22.7 Å². The minimum absolute atomic E-state index is 0.0471. The third-order valence-corrected chi connectivity index (χ3v) is 17.8. The molecule has 62 heavy (non-hydrogen) atoms. The van der Waals surface area contributed by atoms with Crippen LogP contribution in [0.25, 0.3) is 30.5 Å². The van der Waals surface area contributed by atoms with E-state index < -0.39 is 0 Å². The standard InChI is InChI=1S/C54H78N2O2S4/c1-7-11-15-19-21-25-29-41(27-23-17-13-9-3)37-55-51(44-32-31-39(5)59-44)49-50(54(55)58)52(45-34-33-43(61-45)47-36-48-46(62-47)35-40(6)60-48)56(53(49)57)38-42(28-24-18-14-10-4)30-26-22-20-16-12-8-2/h31-36,41-42H,7-30,37-38H2,1-6H3. The van der Waals surface area contributed by atoms with Crippen LogP contribution in [0.2, 0.25) is 0 Å². The van der Waals surface area contributed by atoms with E-state index in [9.17, 15) is 0 Å². The molecule has 2 amide bonds. The molecule has 0 fully saturated rings. The lowest BCUT2D eigenvalue weighted by atomic mass is 9.93. The highest BCUT2D eigenvalue weighted by Gasteiger charge is 2.50. The lowest BCUT2D eigenvalue weighted by Gasteiger charge is -2.29. The zero-order valence-electron chi connectivity index (χ0n) is 39.3. The fraction of sp³-hybridized carbons (Fsp3) is 0.630. The number of nitrogens with zero attached hydrogens (tertiary/aromatic N) is 2. The van der Waals surface area contributed by atoms with Crippen LogP contribution in [0.3, 0.4) is 0 Å². The van der Waals surface area contributed by atoms with Crippen molar-refractivity contribution in [2.24, 2.45) is 11.8 Å². The maximum Gasteiger partial charge on any atom is 0.261 e. The Labute approximate surface area is 392 Å². The Bertz CT molecular complexity index is 2040. The monoisotopic (exact) mass is 914 g/mol. The number of rotatable bonds is 31. The van der Waals surface area contributed by atoms with Crippen molar-refractivity contribution in [2.75, 3.05) is 13.1 Å². The summed E-state index contributed by atoms with van der Waals surface area (Å²) >= 11 is 7.22. The van der Waals surface area contributed by atoms with Crippen LogP contribution in [-0.4, -0.2) is 34.7 Å². The number of carbonyl (C=O) groups is 2. The van der Waals surface area contributed by atoms with E-state index in [0.717, 1.165) is 46.8 Å². The van der Waals surface area contributed by atoms with Crippen LogP contribution >= 0.6 is 45.3 Å². The van der Waals surface area contributed by atoms with E-state index in [2.05, 4.69) is 87.7 Å². The summed E-state index contributed by atoms with van der Waals surface area (Å²) in [4.78, 5) is 42.3. The molecule has 0 aromatic carbocycles. The predicted molar refractivity (Wildman–Crippen MR) is 275 cm³/mol. The summed E-state index contributed by atoms with van der Waals surface area (Å²) in [7, 11) is 0. The maximum atomic E-state index is 15.5. The Balaban J connectivity index is 1.38. The van der Waals surface area contributed by atoms with E-state index >= 15 is 9.59 Å². The van der Waals surface area contributed by atoms with E-state index in [-0.39, 0.29) is 11.8 Å². The molecule has 8 heteroatoms. The largest absolute Gasteiger partial charge is 0.306 e. The maximum absolute atomic E-state index is 15.5. The average Bonchev–Trinajstić information content (AvgIpc) is 4.12. The molecule has 0 bridgehead atoms. The molecule has 0 radical (unpaired) electrons. The van der Waals surface area contributed by atoms with E-state index in [0.29, 0.717) is 36.1 Å². The van der Waals surface area contributed by atoms with Gasteiger partial charge in [0.1, 0.15) is 0 Å². The molecule has 0 saturated carbocycles. The van der Waals surface area contributed by atoms with Crippen molar-refractivity contribution >= 4 is 78.0 Å². The Hall–Kier alpha value is -2.52. The molecule has 2 unspecified atom stereocenters. The fourth-order valence-corrected chi connectivity index (χ4v) is 14.2. The third-order valence-electron chi connectivity index (χ3n) is 13.3. The van der Waals surface area contributed by atoms with Crippen LogP contribution < -0.4 is 0 Å². The van der Waals surface area contributed by atoms with Crippen molar-refractivity contribution < 1.29 is 9.59 Å². The second-order valence-electron chi connectivity index (χ2n) is 18.6. The summed E-state index contributed by atoms with van der Waals surface area (Å²) in [6, 6.07) is 13.4. The first-order valence-corrected chi connectivity index (χ1v) is 28.3. The molecule has 0 spiro atoms. The van der Waals surface area contributed by atoms with Gasteiger partial charge in [-0.3, -0.25) is 9.59 Å². The molecule has 6 rings (SSSR count). The number of hydrogen-bond donors (Lipinski definition) is 0. The summed E-state index contributed by atoms with van der Waals surface area (Å²) in [5.41, 5.74) is 3.10. The molecule has 2 aliphatic heterocycles. The molecule has 340 valence electrons. The first kappa shape index (κ1) is 48.9. The van der Waals surface area contributed by atoms with Gasteiger partial charge in [0.25, 0.3) is 11.8 Å². The first-order valence-electron chi connectivity index (χ1n) is 25.1. The van der Waals surface area contributed by atoms with Crippen LogP contribution in [0.5, 0.6) is 0 Å². The highest BCUT2D eigenvalue weighted by molar-refractivity contribution is 7.31. The third kappa shape index (κ3) is 12.8. The first-order chi connectivity index (χ1) is 30.3. The summed E-state index contributed by atoms with van der Waals surface area (Å²) < 4.78 is 2.68. The van der Waals surface area contributed by atoms with Crippen molar-refractivity contribution in [1.29, 1.82) is 0 Å². The lowest BCUT2D eigenvalue weighted by Crippen LogP contribution is -2.34. The predicted octanol–water partition coefficient (Wildman–Crippen LogP) is 17.9. The molecule has 4 aromatic rings. The number of amides is 2. The van der Waals surface area contributed by atoms with Crippen molar-refractivity contribution in [3.05, 3.63) is 67.1 Å². The highest BCUT2D eigenvalue weighted by Crippen LogP contribution is 2.51. The van der Waals surface area contributed by atoms with Gasteiger partial charge in [-0.1, -0.05) is 156 Å². The van der Waals surface area contributed by atoms with Crippen molar-refractivity contribution in [2.45, 2.75) is 196 Å². The second kappa shape index (κ2) is 25.2. The Morgan fingerprint density at radius 2 is 0.823 bits per heavy atom. The minimum atomic E-state index is 0.0471. The van der Waals surface area contributed by atoms with E-state index in [1.165, 1.54) is 157 Å². The quantitative estimate of drug-likeness (QED) is 0.0472. The van der Waals surface area contributed by atoms with Gasteiger partial charge in [0.2, 0.25) is 0 Å². The van der Waals surface area contributed by atoms with Gasteiger partial charge in [-0.05, 0) is 87.8 Å². The van der Waals surface area contributed by atoms with Crippen molar-refractivity contribution in [3.8, 4) is 9.75 Å². The number of unbranched alkanes of at least 4 members (excludes halogenated alkanes) is 16. The van der Waals surface area contributed by atoms with Crippen molar-refractivity contribution in [3.63, 3.8) is 0 Å². The van der Waals surface area contributed by atoms with Gasteiger partial charge >= 0.3 is 0 Å². The van der Waals surface area contributed by atoms with Crippen LogP contribution in [0.15, 0.2) is 47.5 Å². The summed E-state index contributed by atoms with van der Waals surface area (Å²) in [5, 5.41) is 0. The zero-order chi connectivity index (χ0) is 43.8. The van der Waals surface area contributed by atoms with Crippen molar-refractivity contribution in [1.82, 2.24) is 9.80 Å². The van der Waals surface area contributed by atoms with E-state index in [1.54, 1.807) is 22.7 Å². The summed E-state index contributed by atoms with van der Waals surface area (Å²) in [6.45, 7) is 14.9. The normalized spacial score (nSPS) is 15.4. The van der Waals surface area contributed by atoms with E-state index in [4.69, 9.17) is 0 Å².